The van der Waals surface area contributed by atoms with E-state index in [-0.39, 0.29) is 5.97 Å². The number of carbonyl (C=O) groups is 1. The first kappa shape index (κ1) is 19.9. The van der Waals surface area contributed by atoms with Crippen LogP contribution in [0, 0.1) is 0 Å². The monoisotopic (exact) mass is 294 g/mol. The van der Waals surface area contributed by atoms with Crippen LogP contribution in [0.15, 0.2) is 24.3 Å². The molecular formula is C19H34O2. The predicted molar refractivity (Wildman–Crippen MR) is 91.4 cm³/mol. The summed E-state index contributed by atoms with van der Waals surface area (Å²) in [5, 5.41) is 0. The van der Waals surface area contributed by atoms with Crippen molar-refractivity contribution in [2.24, 2.45) is 0 Å². The lowest BCUT2D eigenvalue weighted by molar-refractivity contribution is -0.140. The molecule has 21 heavy (non-hydrogen) atoms. The van der Waals surface area contributed by atoms with Gasteiger partial charge in [-0.05, 0) is 32.1 Å². The Balaban J connectivity index is 3.23. The van der Waals surface area contributed by atoms with Crippen molar-refractivity contribution in [1.29, 1.82) is 0 Å². The maximum absolute atomic E-state index is 10.9. The van der Waals surface area contributed by atoms with E-state index in [1.807, 2.05) is 0 Å². The third-order valence-electron chi connectivity index (χ3n) is 3.56. The summed E-state index contributed by atoms with van der Waals surface area (Å²) in [7, 11) is 1.44. The van der Waals surface area contributed by atoms with Crippen LogP contribution in [0.4, 0.5) is 0 Å². The molecule has 0 spiro atoms. The van der Waals surface area contributed by atoms with E-state index in [2.05, 4.69) is 36.0 Å². The Kier molecular flexibility index (Phi) is 16.2. The summed E-state index contributed by atoms with van der Waals surface area (Å²) in [6, 6.07) is 0. The van der Waals surface area contributed by atoms with Gasteiger partial charge in [0.1, 0.15) is 0 Å². The lowest BCUT2D eigenvalue weighted by atomic mass is 10.1. The van der Waals surface area contributed by atoms with Gasteiger partial charge in [-0.1, -0.05) is 69.8 Å². The summed E-state index contributed by atoms with van der Waals surface area (Å²) < 4.78 is 4.60. The zero-order chi connectivity index (χ0) is 15.6. The van der Waals surface area contributed by atoms with Crippen molar-refractivity contribution in [3.8, 4) is 0 Å². The Morgan fingerprint density at radius 2 is 1.38 bits per heavy atom. The van der Waals surface area contributed by atoms with Crippen molar-refractivity contribution >= 4 is 5.97 Å². The Morgan fingerprint density at radius 3 is 2.00 bits per heavy atom. The van der Waals surface area contributed by atoms with Crippen LogP contribution in [0.2, 0.25) is 0 Å². The smallest absolute Gasteiger partial charge is 0.305 e. The second kappa shape index (κ2) is 17.0. The van der Waals surface area contributed by atoms with E-state index in [0.29, 0.717) is 6.42 Å². The van der Waals surface area contributed by atoms with Gasteiger partial charge in [0.25, 0.3) is 0 Å². The number of allylic oxidation sites excluding steroid dienone is 4. The quantitative estimate of drug-likeness (QED) is 0.224. The van der Waals surface area contributed by atoms with E-state index < -0.39 is 0 Å². The van der Waals surface area contributed by atoms with E-state index in [4.69, 9.17) is 0 Å². The number of methoxy groups -OCH3 is 1. The molecule has 0 atom stereocenters. The number of carbonyl (C=O) groups excluding carboxylic acids is 1. The van der Waals surface area contributed by atoms with Gasteiger partial charge in [0, 0.05) is 6.42 Å². The van der Waals surface area contributed by atoms with Crippen LogP contribution < -0.4 is 0 Å². The predicted octanol–water partition coefficient (Wildman–Crippen LogP) is 5.97. The van der Waals surface area contributed by atoms with Gasteiger partial charge in [0.2, 0.25) is 0 Å². The summed E-state index contributed by atoms with van der Waals surface area (Å²) in [5.74, 6) is -0.113. The fraction of sp³-hybridized carbons (Fsp3) is 0.737. The molecule has 0 saturated heterocycles. The highest BCUT2D eigenvalue weighted by atomic mass is 16.5. The number of hydrogen-bond donors (Lipinski definition) is 0. The lowest BCUT2D eigenvalue weighted by Gasteiger charge is -1.98. The Bertz CT molecular complexity index is 279. The minimum Gasteiger partial charge on any atom is -0.469 e. The van der Waals surface area contributed by atoms with Gasteiger partial charge in [-0.25, -0.2) is 0 Å². The molecule has 2 nitrogen and oxygen atoms in total. The minimum atomic E-state index is -0.113. The van der Waals surface area contributed by atoms with Crippen molar-refractivity contribution in [3.63, 3.8) is 0 Å². The first-order valence-corrected chi connectivity index (χ1v) is 8.68. The number of ether oxygens (including phenoxy) is 1. The second-order valence-corrected chi connectivity index (χ2v) is 5.56. The largest absolute Gasteiger partial charge is 0.469 e. The molecule has 0 aromatic rings. The third-order valence-corrected chi connectivity index (χ3v) is 3.56. The average Bonchev–Trinajstić information content (AvgIpc) is 2.50. The maximum Gasteiger partial charge on any atom is 0.305 e. The van der Waals surface area contributed by atoms with Gasteiger partial charge in [0.15, 0.2) is 0 Å². The van der Waals surface area contributed by atoms with E-state index in [9.17, 15) is 4.79 Å². The molecule has 0 amide bonds. The number of hydrogen-bond acceptors (Lipinski definition) is 2. The van der Waals surface area contributed by atoms with Crippen molar-refractivity contribution < 1.29 is 9.53 Å². The fourth-order valence-electron chi connectivity index (χ4n) is 2.19. The zero-order valence-electron chi connectivity index (χ0n) is 14.1. The minimum absolute atomic E-state index is 0.113. The average molecular weight is 294 g/mol. The van der Waals surface area contributed by atoms with Crippen LogP contribution in [0.25, 0.3) is 0 Å². The van der Waals surface area contributed by atoms with Crippen molar-refractivity contribution in [2.45, 2.75) is 84.0 Å². The molecule has 0 fully saturated rings. The van der Waals surface area contributed by atoms with Gasteiger partial charge in [0.05, 0.1) is 7.11 Å². The van der Waals surface area contributed by atoms with E-state index in [1.165, 1.54) is 58.5 Å². The Hall–Kier alpha value is -1.05. The Labute approximate surface area is 131 Å². The first-order chi connectivity index (χ1) is 10.3. The lowest BCUT2D eigenvalue weighted by Crippen LogP contribution is -1.98. The summed E-state index contributed by atoms with van der Waals surface area (Å²) in [6.07, 6.45) is 23.1. The molecule has 122 valence electrons. The highest BCUT2D eigenvalue weighted by molar-refractivity contribution is 5.68. The highest BCUT2D eigenvalue weighted by Crippen LogP contribution is 2.08. The molecule has 2 heteroatoms. The molecule has 0 saturated carbocycles. The van der Waals surface area contributed by atoms with Gasteiger partial charge in [-0.15, -0.1) is 0 Å². The van der Waals surface area contributed by atoms with Crippen molar-refractivity contribution in [3.05, 3.63) is 24.3 Å². The van der Waals surface area contributed by atoms with Crippen LogP contribution >= 0.6 is 0 Å². The summed E-state index contributed by atoms with van der Waals surface area (Å²) in [4.78, 5) is 10.9. The van der Waals surface area contributed by atoms with E-state index in [0.717, 1.165) is 19.3 Å². The zero-order valence-corrected chi connectivity index (χ0v) is 14.1. The topological polar surface area (TPSA) is 26.3 Å². The highest BCUT2D eigenvalue weighted by Gasteiger charge is 1.96. The van der Waals surface area contributed by atoms with Crippen LogP contribution in [0.1, 0.15) is 84.0 Å². The summed E-state index contributed by atoms with van der Waals surface area (Å²) in [5.41, 5.74) is 0. The maximum atomic E-state index is 10.9. The van der Waals surface area contributed by atoms with E-state index in [1.54, 1.807) is 0 Å². The molecular weight excluding hydrogens is 260 g/mol. The molecule has 0 heterocycles. The van der Waals surface area contributed by atoms with E-state index >= 15 is 0 Å². The van der Waals surface area contributed by atoms with Crippen molar-refractivity contribution in [2.75, 3.05) is 7.11 Å². The van der Waals surface area contributed by atoms with Crippen molar-refractivity contribution in [1.82, 2.24) is 0 Å². The number of rotatable bonds is 14. The molecule has 0 unspecified atom stereocenters. The van der Waals surface area contributed by atoms with Gasteiger partial charge < -0.3 is 4.74 Å². The second-order valence-electron chi connectivity index (χ2n) is 5.56. The molecule has 0 N–H and O–H groups in total. The fourth-order valence-corrected chi connectivity index (χ4v) is 2.19. The molecule has 0 rings (SSSR count). The molecule has 0 bridgehead atoms. The van der Waals surface area contributed by atoms with Gasteiger partial charge in [-0.3, -0.25) is 4.79 Å². The van der Waals surface area contributed by atoms with Gasteiger partial charge >= 0.3 is 5.97 Å². The number of unbranched alkanes of at least 4 members (excludes halogenated alkanes) is 8. The van der Waals surface area contributed by atoms with Gasteiger partial charge in [-0.2, -0.15) is 0 Å². The summed E-state index contributed by atoms with van der Waals surface area (Å²) >= 11 is 0. The van der Waals surface area contributed by atoms with Crippen LogP contribution in [-0.4, -0.2) is 13.1 Å². The molecule has 0 aliphatic carbocycles. The molecule has 0 radical (unpaired) electrons. The Morgan fingerprint density at radius 1 is 0.810 bits per heavy atom. The molecule has 0 aromatic heterocycles. The van der Waals surface area contributed by atoms with Crippen LogP contribution in [0.5, 0.6) is 0 Å². The first-order valence-electron chi connectivity index (χ1n) is 8.68. The standard InChI is InChI=1S/C19H34O2/c1-3-4-5-6-7-8-9-10-11-12-13-14-15-16-17-18-19(20)21-2/h11-12,14-15H,3-10,13,16-18H2,1-2H3/b12-11+,15-14+. The number of esters is 1. The molecule has 0 aliphatic rings. The molecule has 0 aliphatic heterocycles. The normalized spacial score (nSPS) is 11.5. The van der Waals surface area contributed by atoms with Crippen LogP contribution in [-0.2, 0) is 9.53 Å². The van der Waals surface area contributed by atoms with Crippen LogP contribution in [0.3, 0.4) is 0 Å². The molecule has 0 aromatic carbocycles. The SMILES string of the molecule is CCCCCCCCC/C=C/C/C=C/CCCC(=O)OC. The summed E-state index contributed by atoms with van der Waals surface area (Å²) in [6.45, 7) is 2.26. The third kappa shape index (κ3) is 16.9.